The van der Waals surface area contributed by atoms with Crippen molar-refractivity contribution >= 4 is 15.8 Å². The van der Waals surface area contributed by atoms with E-state index in [-0.39, 0.29) is 11.4 Å². The average molecular weight is 279 g/mol. The predicted molar refractivity (Wildman–Crippen MR) is 69.8 cm³/mol. The Hall–Kier alpha value is -2.06. The van der Waals surface area contributed by atoms with E-state index in [1.165, 1.54) is 18.5 Å². The first-order valence-corrected chi connectivity index (χ1v) is 7.01. The zero-order chi connectivity index (χ0) is 13.7. The summed E-state index contributed by atoms with van der Waals surface area (Å²) in [6.45, 7) is 0.0776. The summed E-state index contributed by atoms with van der Waals surface area (Å²) in [5.74, 6) is 0.300. The van der Waals surface area contributed by atoms with Gasteiger partial charge in [-0.15, -0.1) is 0 Å². The van der Waals surface area contributed by atoms with E-state index in [0.717, 1.165) is 0 Å². The van der Waals surface area contributed by atoms with Crippen molar-refractivity contribution in [2.75, 3.05) is 12.4 Å². The standard InChI is InChI=1S/C11H13N5O2S/c1-12-11-10(5-3-6-13-11)19(17,18)15-8-9-4-2-7-14-16-9/h2-7,15H,8H2,1H3,(H,12,13). The summed E-state index contributed by atoms with van der Waals surface area (Å²) in [5, 5.41) is 10.2. The van der Waals surface area contributed by atoms with Gasteiger partial charge in [0.15, 0.2) is 0 Å². The highest BCUT2D eigenvalue weighted by Gasteiger charge is 2.18. The topological polar surface area (TPSA) is 96.9 Å². The van der Waals surface area contributed by atoms with Crippen LogP contribution in [0.1, 0.15) is 5.69 Å². The van der Waals surface area contributed by atoms with Gasteiger partial charge in [-0.1, -0.05) is 0 Å². The molecular formula is C11H13N5O2S. The van der Waals surface area contributed by atoms with Crippen molar-refractivity contribution in [3.05, 3.63) is 42.4 Å². The Morgan fingerprint density at radius 1 is 1.21 bits per heavy atom. The summed E-state index contributed by atoms with van der Waals surface area (Å²) in [5.41, 5.74) is 0.543. The summed E-state index contributed by atoms with van der Waals surface area (Å²) in [6.07, 6.45) is 3.05. The minimum Gasteiger partial charge on any atom is -0.372 e. The summed E-state index contributed by atoms with van der Waals surface area (Å²) in [6, 6.07) is 6.44. The maximum atomic E-state index is 12.1. The molecule has 0 saturated heterocycles. The van der Waals surface area contributed by atoms with Crippen LogP contribution in [0.2, 0.25) is 0 Å². The van der Waals surface area contributed by atoms with Crippen LogP contribution in [0.3, 0.4) is 0 Å². The predicted octanol–water partition coefficient (Wildman–Crippen LogP) is 0.392. The lowest BCUT2D eigenvalue weighted by atomic mass is 10.4. The molecule has 2 aromatic rings. The first kappa shape index (κ1) is 13.4. The molecule has 0 fully saturated rings. The number of pyridine rings is 1. The van der Waals surface area contributed by atoms with E-state index in [9.17, 15) is 8.42 Å². The molecule has 0 bridgehead atoms. The fraction of sp³-hybridized carbons (Fsp3) is 0.182. The van der Waals surface area contributed by atoms with Crippen molar-refractivity contribution in [1.82, 2.24) is 19.9 Å². The first-order chi connectivity index (χ1) is 9.13. The van der Waals surface area contributed by atoms with Gasteiger partial charge in [0.25, 0.3) is 0 Å². The molecule has 0 spiro atoms. The number of hydrogen-bond donors (Lipinski definition) is 2. The number of nitrogens with zero attached hydrogens (tertiary/aromatic N) is 3. The van der Waals surface area contributed by atoms with E-state index in [2.05, 4.69) is 25.2 Å². The van der Waals surface area contributed by atoms with E-state index in [4.69, 9.17) is 0 Å². The average Bonchev–Trinajstić information content (AvgIpc) is 2.46. The summed E-state index contributed by atoms with van der Waals surface area (Å²) in [4.78, 5) is 4.06. The molecule has 2 N–H and O–H groups in total. The smallest absolute Gasteiger partial charge is 0.244 e. The molecule has 2 rings (SSSR count). The highest BCUT2D eigenvalue weighted by molar-refractivity contribution is 7.89. The van der Waals surface area contributed by atoms with Gasteiger partial charge in [-0.2, -0.15) is 10.2 Å². The van der Waals surface area contributed by atoms with Crippen LogP contribution in [0, 0.1) is 0 Å². The zero-order valence-corrected chi connectivity index (χ0v) is 11.1. The summed E-state index contributed by atoms with van der Waals surface area (Å²) < 4.78 is 26.7. The first-order valence-electron chi connectivity index (χ1n) is 5.52. The number of nitrogens with one attached hydrogen (secondary N) is 2. The second kappa shape index (κ2) is 5.72. The number of aromatic nitrogens is 3. The second-order valence-electron chi connectivity index (χ2n) is 3.64. The molecule has 0 radical (unpaired) electrons. The van der Waals surface area contributed by atoms with E-state index < -0.39 is 10.0 Å². The fourth-order valence-corrected chi connectivity index (χ4v) is 2.63. The third-order valence-corrected chi connectivity index (χ3v) is 3.80. The highest BCUT2D eigenvalue weighted by atomic mass is 32.2. The Morgan fingerprint density at radius 2 is 2.00 bits per heavy atom. The lowest BCUT2D eigenvalue weighted by Gasteiger charge is -2.09. The molecule has 2 aromatic heterocycles. The lowest BCUT2D eigenvalue weighted by molar-refractivity contribution is 0.580. The van der Waals surface area contributed by atoms with Gasteiger partial charge in [-0.25, -0.2) is 18.1 Å². The molecule has 19 heavy (non-hydrogen) atoms. The maximum absolute atomic E-state index is 12.1. The van der Waals surface area contributed by atoms with E-state index in [1.807, 2.05) is 0 Å². The molecule has 0 aliphatic heterocycles. The van der Waals surface area contributed by atoms with Crippen LogP contribution >= 0.6 is 0 Å². The molecule has 100 valence electrons. The van der Waals surface area contributed by atoms with Crippen LogP contribution < -0.4 is 10.0 Å². The van der Waals surface area contributed by atoms with E-state index >= 15 is 0 Å². The van der Waals surface area contributed by atoms with E-state index in [0.29, 0.717) is 11.5 Å². The highest BCUT2D eigenvalue weighted by Crippen LogP contribution is 2.17. The summed E-state index contributed by atoms with van der Waals surface area (Å²) >= 11 is 0. The van der Waals surface area contributed by atoms with Gasteiger partial charge in [0.05, 0.1) is 12.2 Å². The molecule has 8 heteroatoms. The van der Waals surface area contributed by atoms with Crippen molar-refractivity contribution in [2.24, 2.45) is 0 Å². The number of hydrogen-bond acceptors (Lipinski definition) is 6. The van der Waals surface area contributed by atoms with Crippen molar-refractivity contribution < 1.29 is 8.42 Å². The Labute approximate surface area is 111 Å². The normalized spacial score (nSPS) is 11.2. The second-order valence-corrected chi connectivity index (χ2v) is 5.38. The van der Waals surface area contributed by atoms with Crippen LogP contribution in [0.5, 0.6) is 0 Å². The monoisotopic (exact) mass is 279 g/mol. The molecule has 0 aromatic carbocycles. The summed E-state index contributed by atoms with van der Waals surface area (Å²) in [7, 11) is -2.03. The Morgan fingerprint density at radius 3 is 2.68 bits per heavy atom. The van der Waals surface area contributed by atoms with Crippen LogP contribution in [0.15, 0.2) is 41.6 Å². The molecule has 0 aliphatic rings. The van der Waals surface area contributed by atoms with Crippen LogP contribution in [0.4, 0.5) is 5.82 Å². The van der Waals surface area contributed by atoms with Crippen LogP contribution in [-0.4, -0.2) is 30.6 Å². The number of sulfonamides is 1. The Balaban J connectivity index is 2.19. The number of anilines is 1. The molecule has 0 atom stereocenters. The lowest BCUT2D eigenvalue weighted by Crippen LogP contribution is -2.24. The zero-order valence-electron chi connectivity index (χ0n) is 10.2. The van der Waals surface area contributed by atoms with Crippen LogP contribution in [-0.2, 0) is 16.6 Å². The fourth-order valence-electron chi connectivity index (χ4n) is 1.47. The van der Waals surface area contributed by atoms with Crippen molar-refractivity contribution in [1.29, 1.82) is 0 Å². The molecular weight excluding hydrogens is 266 g/mol. The van der Waals surface area contributed by atoms with Crippen molar-refractivity contribution in [3.8, 4) is 0 Å². The van der Waals surface area contributed by atoms with Gasteiger partial charge in [-0.3, -0.25) is 0 Å². The number of rotatable bonds is 5. The van der Waals surface area contributed by atoms with E-state index in [1.54, 1.807) is 25.2 Å². The minimum absolute atomic E-state index is 0.0776. The van der Waals surface area contributed by atoms with Gasteiger partial charge < -0.3 is 5.32 Å². The Kier molecular flexibility index (Phi) is 4.03. The SMILES string of the molecule is CNc1ncccc1S(=O)(=O)NCc1cccnn1. The van der Waals surface area contributed by atoms with Crippen molar-refractivity contribution in [3.63, 3.8) is 0 Å². The maximum Gasteiger partial charge on any atom is 0.244 e. The minimum atomic E-state index is -3.64. The molecule has 0 saturated carbocycles. The third kappa shape index (κ3) is 3.24. The molecule has 7 nitrogen and oxygen atoms in total. The van der Waals surface area contributed by atoms with Gasteiger partial charge in [0, 0.05) is 19.4 Å². The largest absolute Gasteiger partial charge is 0.372 e. The van der Waals surface area contributed by atoms with Gasteiger partial charge >= 0.3 is 0 Å². The van der Waals surface area contributed by atoms with Gasteiger partial charge in [0.1, 0.15) is 10.7 Å². The quantitative estimate of drug-likeness (QED) is 0.822. The Bertz CT molecular complexity index is 645. The van der Waals surface area contributed by atoms with Gasteiger partial charge in [-0.05, 0) is 24.3 Å². The molecule has 2 heterocycles. The molecule has 0 unspecified atom stereocenters. The van der Waals surface area contributed by atoms with Crippen molar-refractivity contribution in [2.45, 2.75) is 11.4 Å². The van der Waals surface area contributed by atoms with Gasteiger partial charge in [0.2, 0.25) is 10.0 Å². The molecule has 0 amide bonds. The molecule has 0 aliphatic carbocycles. The third-order valence-electron chi connectivity index (χ3n) is 2.37. The van der Waals surface area contributed by atoms with Crippen LogP contribution in [0.25, 0.3) is 0 Å².